The fraction of sp³-hybridized carbons (Fsp3) is 0.333. The smallest absolute Gasteiger partial charge is 0.315 e. The highest BCUT2D eigenvalue weighted by Gasteiger charge is 2.44. The Balaban J connectivity index is 1.71. The Kier molecular flexibility index (Phi) is 7.27. The molecule has 0 saturated heterocycles. The van der Waals surface area contributed by atoms with Gasteiger partial charge in [0, 0.05) is 39.9 Å². The maximum absolute atomic E-state index is 13.0. The second-order valence-corrected chi connectivity index (χ2v) is 8.72. The van der Waals surface area contributed by atoms with Crippen molar-refractivity contribution in [3.05, 3.63) is 82.2 Å². The van der Waals surface area contributed by atoms with E-state index in [-0.39, 0.29) is 19.0 Å². The van der Waals surface area contributed by atoms with Crippen LogP contribution in [0.25, 0.3) is 0 Å². The number of carbonyl (C=O) groups excluding carboxylic acids is 2. The molecule has 2 unspecified atom stereocenters. The van der Waals surface area contributed by atoms with E-state index < -0.39 is 17.8 Å². The van der Waals surface area contributed by atoms with Gasteiger partial charge in [0.05, 0.1) is 13.7 Å². The minimum absolute atomic E-state index is 0.0403. The van der Waals surface area contributed by atoms with Crippen molar-refractivity contribution in [2.45, 2.75) is 38.7 Å². The predicted octanol–water partition coefficient (Wildman–Crippen LogP) is 5.31. The van der Waals surface area contributed by atoms with Gasteiger partial charge in [0.1, 0.15) is 12.5 Å². The Hall–Kier alpha value is -3.25. The molecule has 2 aromatic carbocycles. The Morgan fingerprint density at radius 2 is 1.97 bits per heavy atom. The summed E-state index contributed by atoms with van der Waals surface area (Å²) in [4.78, 5) is 26.0. The number of ketones is 1. The van der Waals surface area contributed by atoms with Gasteiger partial charge >= 0.3 is 5.97 Å². The van der Waals surface area contributed by atoms with Crippen molar-refractivity contribution in [2.75, 3.05) is 13.7 Å². The number of benzene rings is 2. The highest BCUT2D eigenvalue weighted by molar-refractivity contribution is 6.31. The second-order valence-electron chi connectivity index (χ2n) is 8.32. The summed E-state index contributed by atoms with van der Waals surface area (Å²) in [6.45, 7) is 6.38. The first-order valence-electron chi connectivity index (χ1n) is 11.4. The van der Waals surface area contributed by atoms with E-state index in [9.17, 15) is 9.59 Å². The van der Waals surface area contributed by atoms with Crippen LogP contribution in [0.15, 0.2) is 66.0 Å². The van der Waals surface area contributed by atoms with E-state index in [1.165, 1.54) is 0 Å². The van der Waals surface area contributed by atoms with Crippen molar-refractivity contribution in [3.63, 3.8) is 0 Å². The van der Waals surface area contributed by atoms with E-state index >= 15 is 0 Å². The van der Waals surface area contributed by atoms with Crippen LogP contribution in [-0.2, 0) is 20.9 Å². The number of carbonyl (C=O) groups is 2. The molecule has 0 fully saturated rings. The average molecular weight is 482 g/mol. The number of rotatable bonds is 7. The molecule has 1 heterocycles. The van der Waals surface area contributed by atoms with Crippen molar-refractivity contribution in [3.8, 4) is 11.5 Å². The highest BCUT2D eigenvalue weighted by Crippen LogP contribution is 2.46. The number of ether oxygens (including phenoxy) is 3. The van der Waals surface area contributed by atoms with Crippen LogP contribution in [0.5, 0.6) is 11.5 Å². The fourth-order valence-corrected chi connectivity index (χ4v) is 4.82. The Morgan fingerprint density at radius 3 is 2.71 bits per heavy atom. The van der Waals surface area contributed by atoms with Crippen molar-refractivity contribution in [1.29, 1.82) is 0 Å². The molecule has 6 nitrogen and oxygen atoms in total. The fourth-order valence-electron chi connectivity index (χ4n) is 4.63. The van der Waals surface area contributed by atoms with Gasteiger partial charge in [0.2, 0.25) is 0 Å². The summed E-state index contributed by atoms with van der Waals surface area (Å²) >= 11 is 6.25. The van der Waals surface area contributed by atoms with E-state index in [0.29, 0.717) is 34.2 Å². The van der Waals surface area contributed by atoms with Crippen LogP contribution in [-0.4, -0.2) is 25.5 Å². The lowest BCUT2D eigenvalue weighted by atomic mass is 9.71. The number of hydrogen-bond acceptors (Lipinski definition) is 6. The topological polar surface area (TPSA) is 73.9 Å². The number of allylic oxidation sites excluding steroid dienone is 2. The summed E-state index contributed by atoms with van der Waals surface area (Å²) in [6.07, 6.45) is 1.96. The van der Waals surface area contributed by atoms with Crippen LogP contribution in [0.3, 0.4) is 0 Å². The van der Waals surface area contributed by atoms with Crippen LogP contribution in [0, 0.1) is 5.92 Å². The van der Waals surface area contributed by atoms with E-state index in [1.807, 2.05) is 36.4 Å². The van der Waals surface area contributed by atoms with Gasteiger partial charge in [-0.15, -0.1) is 0 Å². The first kappa shape index (κ1) is 23.9. The van der Waals surface area contributed by atoms with Gasteiger partial charge in [-0.1, -0.05) is 42.4 Å². The quantitative estimate of drug-likeness (QED) is 0.540. The zero-order chi connectivity index (χ0) is 24.2. The molecule has 34 heavy (non-hydrogen) atoms. The number of halogens is 1. The minimum atomic E-state index is -0.722. The molecule has 0 spiro atoms. The lowest BCUT2D eigenvalue weighted by Gasteiger charge is -2.38. The van der Waals surface area contributed by atoms with Gasteiger partial charge in [-0.2, -0.15) is 0 Å². The SMILES string of the molecule is C=C1NC2=C(C(=O)CCC2)C(c2ccc(OCc3ccccc3Cl)c(OC)c2)C1C(=O)OCC. The molecular weight excluding hydrogens is 454 g/mol. The third-order valence-corrected chi connectivity index (χ3v) is 6.58. The summed E-state index contributed by atoms with van der Waals surface area (Å²) in [5.41, 5.74) is 3.63. The highest BCUT2D eigenvalue weighted by atomic mass is 35.5. The Bertz CT molecular complexity index is 1160. The van der Waals surface area contributed by atoms with Crippen LogP contribution >= 0.6 is 11.6 Å². The summed E-state index contributed by atoms with van der Waals surface area (Å²) in [5.74, 6) is -0.563. The van der Waals surface area contributed by atoms with Gasteiger partial charge in [0.25, 0.3) is 0 Å². The van der Waals surface area contributed by atoms with E-state index in [2.05, 4.69) is 11.9 Å². The second kappa shape index (κ2) is 10.3. The summed E-state index contributed by atoms with van der Waals surface area (Å²) < 4.78 is 17.0. The Morgan fingerprint density at radius 1 is 1.18 bits per heavy atom. The predicted molar refractivity (Wildman–Crippen MR) is 130 cm³/mol. The molecule has 1 aliphatic carbocycles. The molecule has 2 aliphatic rings. The van der Waals surface area contributed by atoms with Crippen LogP contribution in [0.1, 0.15) is 43.2 Å². The zero-order valence-electron chi connectivity index (χ0n) is 19.4. The molecule has 4 rings (SSSR count). The van der Waals surface area contributed by atoms with Crippen molar-refractivity contribution < 1.29 is 23.8 Å². The van der Waals surface area contributed by atoms with Crippen molar-refractivity contribution in [1.82, 2.24) is 5.32 Å². The molecule has 0 aromatic heterocycles. The van der Waals surface area contributed by atoms with Crippen molar-refractivity contribution in [2.24, 2.45) is 5.92 Å². The summed E-state index contributed by atoms with van der Waals surface area (Å²) in [5, 5.41) is 3.84. The van der Waals surface area contributed by atoms with E-state index in [0.717, 1.165) is 29.7 Å². The monoisotopic (exact) mass is 481 g/mol. The molecule has 7 heteroatoms. The lowest BCUT2D eigenvalue weighted by Crippen LogP contribution is -2.41. The molecule has 1 N–H and O–H groups in total. The van der Waals surface area contributed by atoms with Crippen molar-refractivity contribution >= 4 is 23.4 Å². The largest absolute Gasteiger partial charge is 0.493 e. The molecule has 1 aliphatic heterocycles. The zero-order valence-corrected chi connectivity index (χ0v) is 20.1. The molecular formula is C27H28ClNO5. The molecule has 0 radical (unpaired) electrons. The van der Waals surface area contributed by atoms with Crippen LogP contribution < -0.4 is 14.8 Å². The maximum Gasteiger partial charge on any atom is 0.315 e. The van der Waals surface area contributed by atoms with Crippen LogP contribution in [0.2, 0.25) is 5.02 Å². The van der Waals surface area contributed by atoms with Gasteiger partial charge in [0.15, 0.2) is 17.3 Å². The average Bonchev–Trinajstić information content (AvgIpc) is 2.83. The molecule has 0 bridgehead atoms. The number of esters is 1. The molecule has 0 saturated carbocycles. The number of hydrogen-bond donors (Lipinski definition) is 1. The third-order valence-electron chi connectivity index (χ3n) is 6.22. The lowest BCUT2D eigenvalue weighted by molar-refractivity contribution is -0.147. The van der Waals surface area contributed by atoms with Gasteiger partial charge < -0.3 is 19.5 Å². The number of Topliss-reactive ketones (excluding diaryl/α,β-unsaturated/α-hetero) is 1. The number of methoxy groups -OCH3 is 1. The van der Waals surface area contributed by atoms with E-state index in [1.54, 1.807) is 20.1 Å². The first-order chi connectivity index (χ1) is 16.4. The molecule has 0 amide bonds. The molecule has 178 valence electrons. The maximum atomic E-state index is 13.0. The van der Waals surface area contributed by atoms with Gasteiger partial charge in [-0.25, -0.2) is 0 Å². The molecule has 2 aromatic rings. The normalized spacial score (nSPS) is 19.9. The van der Waals surface area contributed by atoms with E-state index in [4.69, 9.17) is 25.8 Å². The molecule has 2 atom stereocenters. The summed E-state index contributed by atoms with van der Waals surface area (Å²) in [6, 6.07) is 13.0. The third kappa shape index (κ3) is 4.68. The van der Waals surface area contributed by atoms with Crippen LogP contribution in [0.4, 0.5) is 0 Å². The Labute approximate surface area is 204 Å². The minimum Gasteiger partial charge on any atom is -0.493 e. The first-order valence-corrected chi connectivity index (χ1v) is 11.7. The number of nitrogens with one attached hydrogen (secondary N) is 1. The summed E-state index contributed by atoms with van der Waals surface area (Å²) in [7, 11) is 1.56. The standard InChI is InChI=1S/C27H28ClNO5/c1-4-33-27(31)24-16(2)29-20-10-7-11-21(30)26(20)25(24)17-12-13-22(23(14-17)32-3)34-15-18-8-5-6-9-19(18)28/h5-6,8-9,12-14,24-25,29H,2,4,7,10-11,15H2,1,3H3. The van der Waals surface area contributed by atoms with Gasteiger partial charge in [-0.05, 0) is 43.5 Å². The van der Waals surface area contributed by atoms with Gasteiger partial charge in [-0.3, -0.25) is 9.59 Å².